The fourth-order valence-electron chi connectivity index (χ4n) is 3.56. The average Bonchev–Trinajstić information content (AvgIpc) is 2.91. The van der Waals surface area contributed by atoms with Gasteiger partial charge in [0.05, 0.1) is 32.7 Å². The molecule has 8 heteroatoms. The largest absolute Gasteiger partial charge is 0.469 e. The Kier molecular flexibility index (Phi) is 7.19. The molecule has 2 fully saturated rings. The van der Waals surface area contributed by atoms with Crippen molar-refractivity contribution in [3.8, 4) is 0 Å². The Hall–Kier alpha value is -1.67. The molecule has 1 saturated heterocycles. The third kappa shape index (κ3) is 5.15. The molecular weight excluding hydrogens is 332 g/mol. The van der Waals surface area contributed by atoms with Crippen molar-refractivity contribution in [3.05, 3.63) is 0 Å². The van der Waals surface area contributed by atoms with Crippen LogP contribution in [0, 0.1) is 11.8 Å². The van der Waals surface area contributed by atoms with Gasteiger partial charge in [0, 0.05) is 25.9 Å². The van der Waals surface area contributed by atoms with Crippen LogP contribution in [0.5, 0.6) is 0 Å². The van der Waals surface area contributed by atoms with Crippen LogP contribution in [0.4, 0.5) is 0 Å². The first-order chi connectivity index (χ1) is 12.0. The summed E-state index contributed by atoms with van der Waals surface area (Å²) in [5, 5.41) is 0. The number of esters is 3. The summed E-state index contributed by atoms with van der Waals surface area (Å²) in [6.45, 7) is 1.90. The summed E-state index contributed by atoms with van der Waals surface area (Å²) < 4.78 is 26.5. The fourth-order valence-corrected chi connectivity index (χ4v) is 3.56. The highest BCUT2D eigenvalue weighted by atomic mass is 16.7. The molecule has 0 N–H and O–H groups in total. The molecule has 2 aliphatic rings. The van der Waals surface area contributed by atoms with Crippen molar-refractivity contribution >= 4 is 17.9 Å². The highest BCUT2D eigenvalue weighted by Gasteiger charge is 2.51. The standard InChI is InChI=1S/C17H26O8/c1-10(18)24-12-9-13(25-15-6-4-5-7-23-15)16(17(20)22-3)11(12)8-14(19)21-2/h11-13,15-16H,4-9H2,1-3H3. The van der Waals surface area contributed by atoms with Crippen molar-refractivity contribution in [2.75, 3.05) is 20.8 Å². The molecule has 0 amide bonds. The second kappa shape index (κ2) is 9.15. The molecule has 0 aromatic rings. The zero-order valence-corrected chi connectivity index (χ0v) is 14.9. The predicted octanol–water partition coefficient (Wildman–Crippen LogP) is 1.20. The SMILES string of the molecule is COC(=O)CC1C(OC(C)=O)CC(OC2CCCCO2)C1C(=O)OC. The van der Waals surface area contributed by atoms with Gasteiger partial charge in [-0.05, 0) is 19.3 Å². The Labute approximate surface area is 147 Å². The van der Waals surface area contributed by atoms with Crippen LogP contribution < -0.4 is 0 Å². The van der Waals surface area contributed by atoms with Gasteiger partial charge in [0.1, 0.15) is 6.10 Å². The minimum Gasteiger partial charge on any atom is -0.469 e. The first-order valence-electron chi connectivity index (χ1n) is 8.55. The molecule has 1 aliphatic heterocycles. The number of hydrogen-bond acceptors (Lipinski definition) is 8. The van der Waals surface area contributed by atoms with E-state index in [-0.39, 0.29) is 6.42 Å². The van der Waals surface area contributed by atoms with E-state index in [1.165, 1.54) is 21.1 Å². The van der Waals surface area contributed by atoms with Crippen molar-refractivity contribution in [1.82, 2.24) is 0 Å². The van der Waals surface area contributed by atoms with E-state index in [0.29, 0.717) is 13.0 Å². The third-order valence-electron chi connectivity index (χ3n) is 4.69. The van der Waals surface area contributed by atoms with Gasteiger partial charge in [0.2, 0.25) is 0 Å². The van der Waals surface area contributed by atoms with Crippen LogP contribution in [0.15, 0.2) is 0 Å². The average molecular weight is 358 g/mol. The second-order valence-electron chi connectivity index (χ2n) is 6.35. The lowest BCUT2D eigenvalue weighted by Gasteiger charge is -2.28. The van der Waals surface area contributed by atoms with Crippen LogP contribution in [0.3, 0.4) is 0 Å². The smallest absolute Gasteiger partial charge is 0.311 e. The fraction of sp³-hybridized carbons (Fsp3) is 0.824. The molecule has 5 atom stereocenters. The van der Waals surface area contributed by atoms with Crippen LogP contribution in [-0.4, -0.2) is 57.2 Å². The summed E-state index contributed by atoms with van der Waals surface area (Å²) in [5.74, 6) is -2.73. The summed E-state index contributed by atoms with van der Waals surface area (Å²) in [7, 11) is 2.56. The molecule has 1 saturated carbocycles. The maximum atomic E-state index is 12.3. The zero-order chi connectivity index (χ0) is 18.4. The topological polar surface area (TPSA) is 97.4 Å². The molecule has 0 spiro atoms. The van der Waals surface area contributed by atoms with Crippen molar-refractivity contribution in [1.29, 1.82) is 0 Å². The summed E-state index contributed by atoms with van der Waals surface area (Å²) in [6, 6.07) is 0. The van der Waals surface area contributed by atoms with Gasteiger partial charge in [-0.3, -0.25) is 14.4 Å². The Morgan fingerprint density at radius 2 is 1.84 bits per heavy atom. The van der Waals surface area contributed by atoms with Gasteiger partial charge in [-0.2, -0.15) is 0 Å². The quantitative estimate of drug-likeness (QED) is 0.516. The Bertz CT molecular complexity index is 485. The van der Waals surface area contributed by atoms with Gasteiger partial charge >= 0.3 is 17.9 Å². The lowest BCUT2D eigenvalue weighted by atomic mass is 9.90. The Morgan fingerprint density at radius 3 is 2.40 bits per heavy atom. The molecule has 8 nitrogen and oxygen atoms in total. The number of hydrogen-bond donors (Lipinski definition) is 0. The zero-order valence-electron chi connectivity index (χ0n) is 14.9. The summed E-state index contributed by atoms with van der Waals surface area (Å²) >= 11 is 0. The number of carbonyl (C=O) groups excluding carboxylic acids is 3. The Balaban J connectivity index is 2.18. The normalized spacial score (nSPS) is 32.0. The van der Waals surface area contributed by atoms with Crippen LogP contribution in [-0.2, 0) is 38.1 Å². The second-order valence-corrected chi connectivity index (χ2v) is 6.35. The van der Waals surface area contributed by atoms with E-state index in [4.69, 9.17) is 23.7 Å². The molecule has 5 unspecified atom stereocenters. The van der Waals surface area contributed by atoms with E-state index < -0.39 is 48.2 Å². The summed E-state index contributed by atoms with van der Waals surface area (Å²) in [6.07, 6.45) is 1.39. The lowest BCUT2D eigenvalue weighted by Crippen LogP contribution is -2.37. The van der Waals surface area contributed by atoms with Crippen LogP contribution in [0.25, 0.3) is 0 Å². The first-order valence-corrected chi connectivity index (χ1v) is 8.55. The number of rotatable bonds is 6. The maximum absolute atomic E-state index is 12.3. The summed E-state index contributed by atoms with van der Waals surface area (Å²) in [5.41, 5.74) is 0. The van der Waals surface area contributed by atoms with E-state index in [9.17, 15) is 14.4 Å². The van der Waals surface area contributed by atoms with E-state index in [1.807, 2.05) is 0 Å². The van der Waals surface area contributed by atoms with Gasteiger partial charge in [-0.15, -0.1) is 0 Å². The molecule has 25 heavy (non-hydrogen) atoms. The van der Waals surface area contributed by atoms with Gasteiger partial charge in [-0.1, -0.05) is 0 Å². The minimum atomic E-state index is -0.723. The highest BCUT2D eigenvalue weighted by molar-refractivity contribution is 5.77. The lowest BCUT2D eigenvalue weighted by molar-refractivity contribution is -0.200. The van der Waals surface area contributed by atoms with Crippen molar-refractivity contribution in [2.45, 2.75) is 57.5 Å². The minimum absolute atomic E-state index is 0.0560. The molecule has 0 radical (unpaired) electrons. The number of carbonyl (C=O) groups is 3. The molecule has 142 valence electrons. The highest BCUT2D eigenvalue weighted by Crippen LogP contribution is 2.40. The first kappa shape index (κ1) is 19.7. The monoisotopic (exact) mass is 358 g/mol. The van der Waals surface area contributed by atoms with E-state index in [0.717, 1.165) is 19.3 Å². The van der Waals surface area contributed by atoms with E-state index in [1.54, 1.807) is 0 Å². The molecule has 1 aliphatic carbocycles. The van der Waals surface area contributed by atoms with Gasteiger partial charge in [0.25, 0.3) is 0 Å². The van der Waals surface area contributed by atoms with Crippen LogP contribution in [0.2, 0.25) is 0 Å². The van der Waals surface area contributed by atoms with Gasteiger partial charge < -0.3 is 23.7 Å². The predicted molar refractivity (Wildman–Crippen MR) is 84.3 cm³/mol. The molecule has 1 heterocycles. The van der Waals surface area contributed by atoms with Gasteiger partial charge in [-0.25, -0.2) is 0 Å². The van der Waals surface area contributed by atoms with Crippen molar-refractivity contribution in [3.63, 3.8) is 0 Å². The maximum Gasteiger partial charge on any atom is 0.311 e. The number of ether oxygens (including phenoxy) is 5. The third-order valence-corrected chi connectivity index (χ3v) is 4.69. The molecule has 0 aromatic carbocycles. The molecule has 2 rings (SSSR count). The van der Waals surface area contributed by atoms with E-state index >= 15 is 0 Å². The number of methoxy groups -OCH3 is 2. The Morgan fingerprint density at radius 1 is 1.08 bits per heavy atom. The van der Waals surface area contributed by atoms with Crippen LogP contribution in [0.1, 0.15) is 39.0 Å². The molecular formula is C17H26O8. The molecule has 0 bridgehead atoms. The van der Waals surface area contributed by atoms with E-state index in [2.05, 4.69) is 0 Å². The van der Waals surface area contributed by atoms with Crippen molar-refractivity contribution < 1.29 is 38.1 Å². The summed E-state index contributed by atoms with van der Waals surface area (Å²) in [4.78, 5) is 35.5. The molecule has 0 aromatic heterocycles. The van der Waals surface area contributed by atoms with Crippen LogP contribution >= 0.6 is 0 Å². The van der Waals surface area contributed by atoms with Gasteiger partial charge in [0.15, 0.2) is 6.29 Å². The van der Waals surface area contributed by atoms with Crippen molar-refractivity contribution in [2.24, 2.45) is 11.8 Å².